The lowest BCUT2D eigenvalue weighted by Crippen LogP contribution is -2.11. The third-order valence-corrected chi connectivity index (χ3v) is 5.87. The average Bonchev–Trinajstić information content (AvgIpc) is 3.25. The lowest BCUT2D eigenvalue weighted by atomic mass is 10.2. The third kappa shape index (κ3) is 5.97. The molecule has 0 saturated heterocycles. The summed E-state index contributed by atoms with van der Waals surface area (Å²) in [5, 5.41) is 17.4. The highest BCUT2D eigenvalue weighted by molar-refractivity contribution is 7.98. The molecule has 1 amide bonds. The average molecular weight is 482 g/mol. The Hall–Kier alpha value is -3.13. The number of anilines is 1. The molecule has 32 heavy (non-hydrogen) atoms. The third-order valence-electron chi connectivity index (χ3n) is 4.36. The van der Waals surface area contributed by atoms with Crippen molar-refractivity contribution in [2.24, 2.45) is 5.10 Å². The Bertz CT molecular complexity index is 1240. The van der Waals surface area contributed by atoms with E-state index in [0.717, 1.165) is 16.9 Å². The summed E-state index contributed by atoms with van der Waals surface area (Å²) in [7, 11) is 0. The Morgan fingerprint density at radius 2 is 1.75 bits per heavy atom. The fraction of sp³-hybridized carbons (Fsp3) is 0.0435. The minimum absolute atomic E-state index is 0.213. The Morgan fingerprint density at radius 3 is 2.50 bits per heavy atom. The molecule has 3 aromatic carbocycles. The largest absolute Gasteiger partial charge is 0.322 e. The molecular formula is C23H17Cl2N5OS. The first-order valence-corrected chi connectivity index (χ1v) is 11.3. The first-order chi connectivity index (χ1) is 15.6. The van der Waals surface area contributed by atoms with Gasteiger partial charge >= 0.3 is 0 Å². The highest BCUT2D eigenvalue weighted by Crippen LogP contribution is 2.22. The van der Waals surface area contributed by atoms with Crippen LogP contribution in [0.25, 0.3) is 0 Å². The highest BCUT2D eigenvalue weighted by atomic mass is 35.5. The van der Waals surface area contributed by atoms with Crippen LogP contribution in [0, 0.1) is 0 Å². The molecular weight excluding hydrogens is 465 g/mol. The maximum absolute atomic E-state index is 12.4. The van der Waals surface area contributed by atoms with Gasteiger partial charge in [0.15, 0.2) is 0 Å². The van der Waals surface area contributed by atoms with Crippen molar-refractivity contribution in [3.05, 3.63) is 106 Å². The zero-order valence-corrected chi connectivity index (χ0v) is 19.0. The number of hydrogen-bond acceptors (Lipinski definition) is 5. The minimum Gasteiger partial charge on any atom is -0.322 e. The Kier molecular flexibility index (Phi) is 7.21. The van der Waals surface area contributed by atoms with Gasteiger partial charge in [0.1, 0.15) is 6.33 Å². The smallest absolute Gasteiger partial charge is 0.255 e. The van der Waals surface area contributed by atoms with Crippen molar-refractivity contribution < 1.29 is 4.79 Å². The van der Waals surface area contributed by atoms with Crippen molar-refractivity contribution in [1.82, 2.24) is 14.9 Å². The lowest BCUT2D eigenvalue weighted by molar-refractivity contribution is 0.102. The summed E-state index contributed by atoms with van der Waals surface area (Å²) in [6.07, 6.45) is 3.24. The summed E-state index contributed by atoms with van der Waals surface area (Å²) >= 11 is 13.3. The van der Waals surface area contributed by atoms with Crippen LogP contribution in [-0.2, 0) is 5.75 Å². The molecule has 9 heteroatoms. The first-order valence-electron chi connectivity index (χ1n) is 9.55. The van der Waals surface area contributed by atoms with Crippen molar-refractivity contribution in [3.63, 3.8) is 0 Å². The molecule has 0 aliphatic heterocycles. The van der Waals surface area contributed by atoms with Crippen LogP contribution in [0.4, 0.5) is 5.69 Å². The minimum atomic E-state index is -0.213. The quantitative estimate of drug-likeness (QED) is 0.259. The second-order valence-corrected chi connectivity index (χ2v) is 8.52. The van der Waals surface area contributed by atoms with Crippen LogP contribution in [0.5, 0.6) is 0 Å². The van der Waals surface area contributed by atoms with E-state index in [9.17, 15) is 4.79 Å². The van der Waals surface area contributed by atoms with Crippen LogP contribution in [0.15, 0.2) is 89.4 Å². The number of nitrogens with one attached hydrogen (secondary N) is 1. The number of hydrogen-bond donors (Lipinski definition) is 1. The predicted molar refractivity (Wildman–Crippen MR) is 130 cm³/mol. The molecule has 160 valence electrons. The van der Waals surface area contributed by atoms with E-state index < -0.39 is 0 Å². The number of amides is 1. The van der Waals surface area contributed by atoms with Gasteiger partial charge in [-0.1, -0.05) is 59.2 Å². The molecule has 4 aromatic rings. The molecule has 0 spiro atoms. The zero-order chi connectivity index (χ0) is 22.3. The molecule has 0 aliphatic rings. The number of nitrogens with zero attached hydrogens (tertiary/aromatic N) is 4. The van der Waals surface area contributed by atoms with Crippen LogP contribution in [0.2, 0.25) is 10.0 Å². The standard InChI is InChI=1S/C23H17Cl2N5OS/c24-19-8-4-16(5-9-19)14-32-23-29-26-15-30(23)27-13-17-2-1-3-21(12-17)28-22(31)18-6-10-20(25)11-7-18/h1-13,15H,14H2,(H,28,31)/b27-13+. The van der Waals surface area contributed by atoms with Gasteiger partial charge in [0.2, 0.25) is 5.16 Å². The lowest BCUT2D eigenvalue weighted by Gasteiger charge is -2.06. The molecule has 0 saturated carbocycles. The summed E-state index contributed by atoms with van der Waals surface area (Å²) < 4.78 is 1.61. The van der Waals surface area contributed by atoms with Crippen LogP contribution in [-0.4, -0.2) is 27.0 Å². The maximum atomic E-state index is 12.4. The molecule has 0 bridgehead atoms. The normalized spacial score (nSPS) is 11.1. The van der Waals surface area contributed by atoms with Crippen LogP contribution < -0.4 is 5.32 Å². The summed E-state index contributed by atoms with van der Waals surface area (Å²) in [5.41, 5.74) is 3.14. The zero-order valence-electron chi connectivity index (χ0n) is 16.7. The topological polar surface area (TPSA) is 72.2 Å². The van der Waals surface area contributed by atoms with Gasteiger partial charge in [0, 0.05) is 27.0 Å². The number of halogens is 2. The SMILES string of the molecule is O=C(Nc1cccc(/C=N/n2cnnc2SCc2ccc(Cl)cc2)c1)c1ccc(Cl)cc1. The number of aromatic nitrogens is 3. The number of carbonyl (C=O) groups is 1. The molecule has 1 N–H and O–H groups in total. The summed E-state index contributed by atoms with van der Waals surface area (Å²) in [5.74, 6) is 0.507. The Morgan fingerprint density at radius 1 is 1.03 bits per heavy atom. The fourth-order valence-corrected chi connectivity index (χ4v) is 3.82. The van der Waals surface area contributed by atoms with Gasteiger partial charge in [0.25, 0.3) is 5.91 Å². The number of thioether (sulfide) groups is 1. The van der Waals surface area contributed by atoms with Gasteiger partial charge in [0.05, 0.1) is 6.21 Å². The highest BCUT2D eigenvalue weighted by Gasteiger charge is 2.07. The molecule has 6 nitrogen and oxygen atoms in total. The van der Waals surface area contributed by atoms with Gasteiger partial charge in [-0.05, 0) is 59.7 Å². The summed E-state index contributed by atoms with van der Waals surface area (Å²) in [4.78, 5) is 12.4. The molecule has 1 heterocycles. The number of benzene rings is 3. The van der Waals surface area contributed by atoms with Gasteiger partial charge in [-0.15, -0.1) is 10.2 Å². The van der Waals surface area contributed by atoms with Crippen molar-refractivity contribution in [2.75, 3.05) is 5.32 Å². The van der Waals surface area contributed by atoms with Gasteiger partial charge in [-0.25, -0.2) is 0 Å². The van der Waals surface area contributed by atoms with Gasteiger partial charge < -0.3 is 5.32 Å². The molecule has 1 aromatic heterocycles. The van der Waals surface area contributed by atoms with Crippen molar-refractivity contribution in [2.45, 2.75) is 10.9 Å². The van der Waals surface area contributed by atoms with E-state index in [2.05, 4.69) is 20.6 Å². The van der Waals surface area contributed by atoms with Gasteiger partial charge in [-0.2, -0.15) is 9.78 Å². The predicted octanol–water partition coefficient (Wildman–Crippen LogP) is 6.01. The van der Waals surface area contributed by atoms with Crippen LogP contribution >= 0.6 is 35.0 Å². The van der Waals surface area contributed by atoms with Gasteiger partial charge in [-0.3, -0.25) is 4.79 Å². The second kappa shape index (κ2) is 10.5. The maximum Gasteiger partial charge on any atom is 0.255 e. The summed E-state index contributed by atoms with van der Waals surface area (Å²) in [6, 6.07) is 21.8. The van der Waals surface area contributed by atoms with Crippen LogP contribution in [0.3, 0.4) is 0 Å². The van der Waals surface area contributed by atoms with E-state index in [-0.39, 0.29) is 5.91 Å². The summed E-state index contributed by atoms with van der Waals surface area (Å²) in [6.45, 7) is 0. The Labute approximate surface area is 199 Å². The van der Waals surface area contributed by atoms with Crippen molar-refractivity contribution >= 4 is 52.8 Å². The molecule has 0 fully saturated rings. The molecule has 4 rings (SSSR count). The second-order valence-electron chi connectivity index (χ2n) is 6.70. The Balaban J connectivity index is 1.41. The van der Waals surface area contributed by atoms with Crippen molar-refractivity contribution in [1.29, 1.82) is 0 Å². The molecule has 0 unspecified atom stereocenters. The van der Waals surface area contributed by atoms with E-state index in [1.54, 1.807) is 41.5 Å². The van der Waals surface area contributed by atoms with E-state index in [4.69, 9.17) is 23.2 Å². The molecule has 0 radical (unpaired) electrons. The monoisotopic (exact) mass is 481 g/mol. The first kappa shape index (κ1) is 22.1. The van der Waals surface area contributed by atoms with Crippen LogP contribution in [0.1, 0.15) is 21.5 Å². The van der Waals surface area contributed by atoms with E-state index in [0.29, 0.717) is 26.5 Å². The van der Waals surface area contributed by atoms with Crippen molar-refractivity contribution in [3.8, 4) is 0 Å². The van der Waals surface area contributed by atoms with E-state index in [1.165, 1.54) is 11.8 Å². The fourth-order valence-electron chi connectivity index (χ4n) is 2.75. The molecule has 0 aliphatic carbocycles. The van der Waals surface area contributed by atoms with E-state index >= 15 is 0 Å². The number of carbonyl (C=O) groups excluding carboxylic acids is 1. The van der Waals surface area contributed by atoms with E-state index in [1.807, 2.05) is 48.5 Å². The number of rotatable bonds is 7. The molecule has 0 atom stereocenters.